The highest BCUT2D eigenvalue weighted by Crippen LogP contribution is 2.15. The Bertz CT molecular complexity index is 969. The van der Waals surface area contributed by atoms with Crippen LogP contribution in [-0.2, 0) is 18.4 Å². The van der Waals surface area contributed by atoms with Crippen molar-refractivity contribution in [3.05, 3.63) is 75.2 Å². The van der Waals surface area contributed by atoms with E-state index in [1.807, 2.05) is 26.0 Å². The van der Waals surface area contributed by atoms with Gasteiger partial charge in [0.25, 0.3) is 5.56 Å². The third-order valence-corrected chi connectivity index (χ3v) is 3.80. The summed E-state index contributed by atoms with van der Waals surface area (Å²) in [5.74, 6) is -0.541. The highest BCUT2D eigenvalue weighted by Gasteiger charge is 2.17. The molecule has 0 aliphatic heterocycles. The van der Waals surface area contributed by atoms with E-state index in [0.29, 0.717) is 10.8 Å². The molecule has 122 valence electrons. The molecule has 2 aromatic carbocycles. The molecule has 3 rings (SSSR count). The van der Waals surface area contributed by atoms with E-state index in [1.165, 1.54) is 7.05 Å². The van der Waals surface area contributed by atoms with Gasteiger partial charge in [-0.25, -0.2) is 9.48 Å². The van der Waals surface area contributed by atoms with Crippen molar-refractivity contribution >= 4 is 16.7 Å². The molecule has 0 spiro atoms. The van der Waals surface area contributed by atoms with Gasteiger partial charge in [0.1, 0.15) is 6.61 Å². The molecule has 24 heavy (non-hydrogen) atoms. The lowest BCUT2D eigenvalue weighted by Gasteiger charge is -2.09. The van der Waals surface area contributed by atoms with Crippen LogP contribution in [0.5, 0.6) is 0 Å². The molecule has 0 saturated heterocycles. The van der Waals surface area contributed by atoms with E-state index in [4.69, 9.17) is 4.74 Å². The molecule has 0 bridgehead atoms. The van der Waals surface area contributed by atoms with E-state index in [0.717, 1.165) is 21.4 Å². The normalized spacial score (nSPS) is 10.8. The number of aryl methyl sites for hydroxylation is 3. The number of hydrogen-bond donors (Lipinski definition) is 0. The van der Waals surface area contributed by atoms with Crippen molar-refractivity contribution in [2.24, 2.45) is 7.05 Å². The van der Waals surface area contributed by atoms with E-state index in [2.05, 4.69) is 11.2 Å². The number of hydrogen-bond acceptors (Lipinski definition) is 4. The fourth-order valence-electron chi connectivity index (χ4n) is 2.82. The first-order valence-electron chi connectivity index (χ1n) is 7.66. The number of fused-ring (bicyclic) bond motifs is 1. The molecule has 3 aromatic rings. The highest BCUT2D eigenvalue weighted by molar-refractivity contribution is 6.02. The molecule has 0 atom stereocenters. The lowest BCUT2D eigenvalue weighted by molar-refractivity contribution is 0.0465. The first-order chi connectivity index (χ1) is 11.5. The van der Waals surface area contributed by atoms with Gasteiger partial charge in [0.2, 0.25) is 0 Å². The second kappa shape index (κ2) is 6.28. The third kappa shape index (κ3) is 3.06. The molecule has 0 fully saturated rings. The lowest BCUT2D eigenvalue weighted by atomic mass is 10.1. The van der Waals surface area contributed by atoms with Gasteiger partial charge in [0.15, 0.2) is 5.69 Å². The van der Waals surface area contributed by atoms with Gasteiger partial charge >= 0.3 is 5.97 Å². The molecule has 0 amide bonds. The molecule has 5 heteroatoms. The second-order valence-corrected chi connectivity index (χ2v) is 5.90. The molecule has 0 saturated carbocycles. The summed E-state index contributed by atoms with van der Waals surface area (Å²) in [6.07, 6.45) is 0. The maximum Gasteiger partial charge on any atom is 0.359 e. The average Bonchev–Trinajstić information content (AvgIpc) is 2.55. The Morgan fingerprint density at radius 1 is 1.08 bits per heavy atom. The van der Waals surface area contributed by atoms with Crippen molar-refractivity contribution in [1.29, 1.82) is 0 Å². The summed E-state index contributed by atoms with van der Waals surface area (Å²) in [6.45, 7) is 4.17. The zero-order valence-electron chi connectivity index (χ0n) is 13.9. The fraction of sp³-hybridized carbons (Fsp3) is 0.211. The second-order valence-electron chi connectivity index (χ2n) is 5.90. The van der Waals surface area contributed by atoms with E-state index in [-0.39, 0.29) is 17.9 Å². The first kappa shape index (κ1) is 15.9. The number of nitrogens with zero attached hydrogens (tertiary/aromatic N) is 2. The van der Waals surface area contributed by atoms with Crippen LogP contribution in [0.4, 0.5) is 0 Å². The summed E-state index contributed by atoms with van der Waals surface area (Å²) in [4.78, 5) is 24.6. The van der Waals surface area contributed by atoms with Crippen LogP contribution in [0.3, 0.4) is 0 Å². The lowest BCUT2D eigenvalue weighted by Crippen LogP contribution is -2.23. The standard InChI is InChI=1S/C19H18N2O3/c1-12-8-13(2)10-14(9-12)11-24-19(23)17-15-6-4-5-7-16(15)18(22)21(3)20-17/h4-10H,11H2,1-3H3. The minimum atomic E-state index is -0.541. The van der Waals surface area contributed by atoms with Crippen LogP contribution in [0.15, 0.2) is 47.3 Å². The van der Waals surface area contributed by atoms with Crippen LogP contribution in [0.2, 0.25) is 0 Å². The Labute approximate surface area is 139 Å². The van der Waals surface area contributed by atoms with Crippen molar-refractivity contribution in [3.63, 3.8) is 0 Å². The molecule has 0 unspecified atom stereocenters. The molecule has 0 radical (unpaired) electrons. The maximum absolute atomic E-state index is 12.5. The largest absolute Gasteiger partial charge is 0.456 e. The van der Waals surface area contributed by atoms with Crippen LogP contribution >= 0.6 is 0 Å². The Hall–Kier alpha value is -2.95. The molecule has 1 aromatic heterocycles. The van der Waals surface area contributed by atoms with Gasteiger partial charge < -0.3 is 4.74 Å². The van der Waals surface area contributed by atoms with Crippen LogP contribution < -0.4 is 5.56 Å². The van der Waals surface area contributed by atoms with Gasteiger partial charge in [-0.1, -0.05) is 47.5 Å². The number of aromatic nitrogens is 2. The van der Waals surface area contributed by atoms with Gasteiger partial charge in [-0.2, -0.15) is 5.10 Å². The Kier molecular flexibility index (Phi) is 4.16. The highest BCUT2D eigenvalue weighted by atomic mass is 16.5. The van der Waals surface area contributed by atoms with E-state index in [1.54, 1.807) is 24.3 Å². The zero-order chi connectivity index (χ0) is 17.3. The van der Waals surface area contributed by atoms with Gasteiger partial charge in [-0.15, -0.1) is 0 Å². The van der Waals surface area contributed by atoms with Crippen molar-refractivity contribution in [1.82, 2.24) is 9.78 Å². The number of esters is 1. The summed E-state index contributed by atoms with van der Waals surface area (Å²) in [6, 6.07) is 12.9. The summed E-state index contributed by atoms with van der Waals surface area (Å²) in [5, 5.41) is 5.04. The van der Waals surface area contributed by atoms with Crippen LogP contribution in [-0.4, -0.2) is 15.7 Å². The van der Waals surface area contributed by atoms with Crippen molar-refractivity contribution < 1.29 is 9.53 Å². The SMILES string of the molecule is Cc1cc(C)cc(COC(=O)c2nn(C)c(=O)c3ccccc23)c1. The predicted molar refractivity (Wildman–Crippen MR) is 92.0 cm³/mol. The third-order valence-electron chi connectivity index (χ3n) is 3.80. The Morgan fingerprint density at radius 2 is 1.71 bits per heavy atom. The number of rotatable bonds is 3. The molecule has 1 heterocycles. The van der Waals surface area contributed by atoms with Gasteiger partial charge in [-0.3, -0.25) is 4.79 Å². The predicted octanol–water partition coefficient (Wildman–Crippen LogP) is 2.91. The van der Waals surface area contributed by atoms with E-state index in [9.17, 15) is 9.59 Å². The molecule has 0 N–H and O–H groups in total. The van der Waals surface area contributed by atoms with Crippen molar-refractivity contribution in [3.8, 4) is 0 Å². The zero-order valence-corrected chi connectivity index (χ0v) is 13.9. The minimum Gasteiger partial charge on any atom is -0.456 e. The first-order valence-corrected chi connectivity index (χ1v) is 7.66. The summed E-state index contributed by atoms with van der Waals surface area (Å²) in [5.41, 5.74) is 3.07. The molecule has 5 nitrogen and oxygen atoms in total. The maximum atomic E-state index is 12.5. The number of benzene rings is 2. The molecule has 0 aliphatic carbocycles. The summed E-state index contributed by atoms with van der Waals surface area (Å²) in [7, 11) is 1.52. The van der Waals surface area contributed by atoms with Gasteiger partial charge in [0.05, 0.1) is 5.39 Å². The van der Waals surface area contributed by atoms with E-state index < -0.39 is 5.97 Å². The quantitative estimate of drug-likeness (QED) is 0.696. The van der Waals surface area contributed by atoms with Crippen LogP contribution in [0.25, 0.3) is 10.8 Å². The molecular weight excluding hydrogens is 304 g/mol. The Morgan fingerprint density at radius 3 is 2.38 bits per heavy atom. The summed E-state index contributed by atoms with van der Waals surface area (Å²) >= 11 is 0. The van der Waals surface area contributed by atoms with Gasteiger partial charge in [0, 0.05) is 12.4 Å². The van der Waals surface area contributed by atoms with Crippen molar-refractivity contribution in [2.45, 2.75) is 20.5 Å². The smallest absolute Gasteiger partial charge is 0.359 e. The monoisotopic (exact) mass is 322 g/mol. The Balaban J connectivity index is 1.92. The topological polar surface area (TPSA) is 61.2 Å². The average molecular weight is 322 g/mol. The van der Waals surface area contributed by atoms with Gasteiger partial charge in [-0.05, 0) is 25.5 Å². The fourth-order valence-corrected chi connectivity index (χ4v) is 2.82. The molecule has 0 aliphatic rings. The van der Waals surface area contributed by atoms with E-state index >= 15 is 0 Å². The summed E-state index contributed by atoms with van der Waals surface area (Å²) < 4.78 is 6.57. The van der Waals surface area contributed by atoms with Crippen LogP contribution in [0, 0.1) is 13.8 Å². The van der Waals surface area contributed by atoms with Crippen LogP contribution in [0.1, 0.15) is 27.2 Å². The molecular formula is C19H18N2O3. The minimum absolute atomic E-state index is 0.150. The number of carbonyl (C=O) groups is 1. The van der Waals surface area contributed by atoms with Crippen molar-refractivity contribution in [2.75, 3.05) is 0 Å². The number of ether oxygens (including phenoxy) is 1. The number of carbonyl (C=O) groups excluding carboxylic acids is 1.